The van der Waals surface area contributed by atoms with Crippen molar-refractivity contribution in [2.24, 2.45) is 17.6 Å². The number of nitrogens with two attached hydrogens (primary N) is 1. The second kappa shape index (κ2) is 8.39. The maximum absolute atomic E-state index is 12.5. The van der Waals surface area contributed by atoms with Crippen LogP contribution < -0.4 is 11.1 Å². The van der Waals surface area contributed by atoms with Gasteiger partial charge in [-0.25, -0.2) is 4.79 Å². The zero-order valence-corrected chi connectivity index (χ0v) is 16.7. The van der Waals surface area contributed by atoms with E-state index in [0.29, 0.717) is 42.4 Å². The minimum Gasteiger partial charge on any atom is -0.465 e. The number of likely N-dealkylation sites (tertiary alicyclic amines) is 1. The number of fused-ring (bicyclic) bond motifs is 1. The smallest absolute Gasteiger partial charge is 0.341 e. The molecule has 8 heteroatoms. The number of nitrogens with one attached hydrogen (secondary N) is 1. The van der Waals surface area contributed by atoms with Crippen molar-refractivity contribution >= 4 is 34.1 Å². The zero-order chi connectivity index (χ0) is 19.6. The van der Waals surface area contributed by atoms with Crippen molar-refractivity contribution in [3.05, 3.63) is 16.0 Å². The molecule has 1 aromatic rings. The highest BCUT2D eigenvalue weighted by atomic mass is 32.1. The van der Waals surface area contributed by atoms with Crippen LogP contribution in [0.5, 0.6) is 0 Å². The molecule has 1 aromatic heterocycles. The third-order valence-corrected chi connectivity index (χ3v) is 6.68. The quantitative estimate of drug-likeness (QED) is 0.743. The third-order valence-electron chi connectivity index (χ3n) is 5.51. The number of anilines is 1. The summed E-state index contributed by atoms with van der Waals surface area (Å²) >= 11 is 1.49. The van der Waals surface area contributed by atoms with Gasteiger partial charge in [0, 0.05) is 10.8 Å². The molecule has 148 valence electrons. The van der Waals surface area contributed by atoms with Gasteiger partial charge in [0.1, 0.15) is 5.00 Å². The molecule has 1 aliphatic heterocycles. The lowest BCUT2D eigenvalue weighted by molar-refractivity contribution is -0.123. The van der Waals surface area contributed by atoms with E-state index >= 15 is 0 Å². The summed E-state index contributed by atoms with van der Waals surface area (Å²) in [5.74, 6) is -0.317. The predicted molar refractivity (Wildman–Crippen MR) is 104 cm³/mol. The first kappa shape index (κ1) is 19.8. The summed E-state index contributed by atoms with van der Waals surface area (Å²) < 4.78 is 4.96. The molecule has 3 N–H and O–H groups in total. The predicted octanol–water partition coefficient (Wildman–Crippen LogP) is 1.80. The number of hydrogen-bond donors (Lipinski definition) is 2. The highest BCUT2D eigenvalue weighted by Gasteiger charge is 2.29. The van der Waals surface area contributed by atoms with Crippen LogP contribution in [-0.4, -0.2) is 49.4 Å². The van der Waals surface area contributed by atoms with E-state index in [0.717, 1.165) is 24.8 Å². The molecule has 0 radical (unpaired) electrons. The number of carbonyl (C=O) groups is 3. The Labute approximate surface area is 163 Å². The monoisotopic (exact) mass is 393 g/mol. The van der Waals surface area contributed by atoms with Gasteiger partial charge < -0.3 is 15.8 Å². The van der Waals surface area contributed by atoms with Crippen molar-refractivity contribution in [2.75, 3.05) is 32.1 Å². The molecule has 0 spiro atoms. The lowest BCUT2D eigenvalue weighted by Crippen LogP contribution is -2.42. The number of hydrogen-bond acceptors (Lipinski definition) is 6. The molecule has 7 nitrogen and oxygen atoms in total. The van der Waals surface area contributed by atoms with Crippen LogP contribution >= 0.6 is 11.3 Å². The van der Waals surface area contributed by atoms with E-state index in [1.54, 1.807) is 0 Å². The first-order chi connectivity index (χ1) is 12.9. The molecule has 1 aliphatic carbocycles. The number of carbonyl (C=O) groups excluding carboxylic acids is 3. The van der Waals surface area contributed by atoms with Crippen molar-refractivity contribution in [1.82, 2.24) is 4.90 Å². The van der Waals surface area contributed by atoms with Gasteiger partial charge in [-0.1, -0.05) is 6.92 Å². The van der Waals surface area contributed by atoms with Gasteiger partial charge in [-0.05, 0) is 56.7 Å². The van der Waals surface area contributed by atoms with Crippen molar-refractivity contribution in [3.8, 4) is 0 Å². The molecule has 0 unspecified atom stereocenters. The van der Waals surface area contributed by atoms with Gasteiger partial charge in [-0.3, -0.25) is 14.5 Å². The summed E-state index contributed by atoms with van der Waals surface area (Å²) in [5, 5.41) is 3.52. The number of methoxy groups -OCH3 is 1. The molecule has 2 amide bonds. The summed E-state index contributed by atoms with van der Waals surface area (Å²) in [6, 6.07) is 0. The summed E-state index contributed by atoms with van der Waals surface area (Å²) in [6.07, 6.45) is 4.17. The summed E-state index contributed by atoms with van der Waals surface area (Å²) in [7, 11) is 1.37. The van der Waals surface area contributed by atoms with Crippen molar-refractivity contribution in [1.29, 1.82) is 0 Å². The summed E-state index contributed by atoms with van der Waals surface area (Å²) in [4.78, 5) is 39.3. The third kappa shape index (κ3) is 4.50. The molecule has 0 bridgehead atoms. The van der Waals surface area contributed by atoms with Crippen LogP contribution in [0, 0.1) is 11.8 Å². The van der Waals surface area contributed by atoms with E-state index in [-0.39, 0.29) is 30.2 Å². The minimum atomic E-state index is -0.389. The molecule has 27 heavy (non-hydrogen) atoms. The molecule has 2 heterocycles. The lowest BCUT2D eigenvalue weighted by Gasteiger charge is -2.29. The molecule has 0 saturated carbocycles. The lowest BCUT2D eigenvalue weighted by atomic mass is 9.88. The number of nitrogens with zero attached hydrogens (tertiary/aromatic N) is 1. The number of primary amides is 1. The number of piperidine rings is 1. The van der Waals surface area contributed by atoms with E-state index in [1.165, 1.54) is 23.3 Å². The summed E-state index contributed by atoms with van der Waals surface area (Å²) in [6.45, 7) is 3.78. The number of amides is 2. The molecule has 3 rings (SSSR count). The molecule has 1 fully saturated rings. The molecular formula is C19H27N3O4S. The Balaban J connectivity index is 1.67. The van der Waals surface area contributed by atoms with Gasteiger partial charge >= 0.3 is 5.97 Å². The van der Waals surface area contributed by atoms with Crippen LogP contribution in [0.3, 0.4) is 0 Å². The van der Waals surface area contributed by atoms with E-state index < -0.39 is 0 Å². The van der Waals surface area contributed by atoms with Gasteiger partial charge in [0.15, 0.2) is 0 Å². The Morgan fingerprint density at radius 3 is 2.59 bits per heavy atom. The van der Waals surface area contributed by atoms with Gasteiger partial charge in [0.25, 0.3) is 0 Å². The second-order valence-electron chi connectivity index (χ2n) is 7.55. The van der Waals surface area contributed by atoms with Crippen LogP contribution in [0.4, 0.5) is 5.00 Å². The molecular weight excluding hydrogens is 366 g/mol. The molecule has 1 saturated heterocycles. The summed E-state index contributed by atoms with van der Waals surface area (Å²) in [5.41, 5.74) is 6.90. The van der Waals surface area contributed by atoms with Gasteiger partial charge in [0.05, 0.1) is 19.2 Å². The highest BCUT2D eigenvalue weighted by Crippen LogP contribution is 2.40. The average Bonchev–Trinajstić information content (AvgIpc) is 2.98. The van der Waals surface area contributed by atoms with Gasteiger partial charge in [-0.2, -0.15) is 0 Å². The fourth-order valence-electron chi connectivity index (χ4n) is 3.90. The van der Waals surface area contributed by atoms with E-state index in [9.17, 15) is 14.4 Å². The molecule has 0 aromatic carbocycles. The van der Waals surface area contributed by atoms with Crippen LogP contribution in [0.15, 0.2) is 0 Å². The van der Waals surface area contributed by atoms with Crippen LogP contribution in [-0.2, 0) is 27.2 Å². The topological polar surface area (TPSA) is 102 Å². The number of ether oxygens (including phenoxy) is 1. The maximum Gasteiger partial charge on any atom is 0.341 e. The van der Waals surface area contributed by atoms with Crippen LogP contribution in [0.1, 0.15) is 47.0 Å². The fraction of sp³-hybridized carbons (Fsp3) is 0.632. The van der Waals surface area contributed by atoms with Crippen molar-refractivity contribution in [2.45, 2.75) is 39.0 Å². The Bertz CT molecular complexity index is 738. The fourth-order valence-corrected chi connectivity index (χ4v) is 5.32. The van der Waals surface area contributed by atoms with Crippen molar-refractivity contribution < 1.29 is 19.1 Å². The standard InChI is InChI=1S/C19H27N3O4S/c1-11-3-4-13-14(9-11)27-18(16(13)19(25)26-2)21-15(23)10-22-7-5-12(6-8-22)17(20)24/h11-12H,3-10H2,1-2H3,(H2,20,24)(H,21,23)/t11-/m1/s1. The minimum absolute atomic E-state index is 0.0961. The largest absolute Gasteiger partial charge is 0.465 e. The number of esters is 1. The first-order valence-corrected chi connectivity index (χ1v) is 10.2. The van der Waals surface area contributed by atoms with Crippen molar-refractivity contribution in [3.63, 3.8) is 0 Å². The number of thiophene rings is 1. The average molecular weight is 394 g/mol. The normalized spacial score (nSPS) is 20.7. The zero-order valence-electron chi connectivity index (χ0n) is 15.9. The second-order valence-corrected chi connectivity index (χ2v) is 8.65. The molecule has 1 atom stereocenters. The Kier molecular flexibility index (Phi) is 6.16. The number of rotatable bonds is 5. The highest BCUT2D eigenvalue weighted by molar-refractivity contribution is 7.17. The Morgan fingerprint density at radius 2 is 1.96 bits per heavy atom. The Hall–Kier alpha value is -1.93. The van der Waals surface area contributed by atoms with Gasteiger partial charge in [-0.15, -0.1) is 11.3 Å². The maximum atomic E-state index is 12.5. The van der Waals surface area contributed by atoms with E-state index in [4.69, 9.17) is 10.5 Å². The van der Waals surface area contributed by atoms with E-state index in [1.807, 2.05) is 4.90 Å². The van der Waals surface area contributed by atoms with Crippen LogP contribution in [0.25, 0.3) is 0 Å². The first-order valence-electron chi connectivity index (χ1n) is 9.43. The van der Waals surface area contributed by atoms with E-state index in [2.05, 4.69) is 12.2 Å². The molecule has 2 aliphatic rings. The van der Waals surface area contributed by atoms with Gasteiger partial charge in [0.2, 0.25) is 11.8 Å². The Morgan fingerprint density at radius 1 is 1.26 bits per heavy atom. The SMILES string of the molecule is COC(=O)c1c(NC(=O)CN2CCC(C(N)=O)CC2)sc2c1CC[C@@H](C)C2. The van der Waals surface area contributed by atoms with Crippen LogP contribution in [0.2, 0.25) is 0 Å².